The first-order valence-electron chi connectivity index (χ1n) is 5.70. The highest BCUT2D eigenvalue weighted by Gasteiger charge is 2.08. The van der Waals surface area contributed by atoms with Crippen LogP contribution in [0.15, 0.2) is 40.5 Å². The second-order valence-electron chi connectivity index (χ2n) is 4.34. The molecule has 90 valence electrons. The van der Waals surface area contributed by atoms with Crippen molar-refractivity contribution in [3.8, 4) is 11.3 Å². The van der Waals surface area contributed by atoms with Crippen LogP contribution in [0.4, 0.5) is 0 Å². The van der Waals surface area contributed by atoms with Crippen molar-refractivity contribution < 1.29 is 0 Å². The number of aryl methyl sites for hydroxylation is 2. The molecule has 3 rings (SSSR count). The Balaban J connectivity index is 2.30. The molecule has 0 atom stereocenters. The zero-order chi connectivity index (χ0) is 12.7. The highest BCUT2D eigenvalue weighted by molar-refractivity contribution is 7.15. The summed E-state index contributed by atoms with van der Waals surface area (Å²) in [6, 6.07) is 9.93. The van der Waals surface area contributed by atoms with E-state index in [0.717, 1.165) is 21.9 Å². The first-order chi connectivity index (χ1) is 8.65. The van der Waals surface area contributed by atoms with Gasteiger partial charge in [-0.2, -0.15) is 4.98 Å². The molecule has 0 saturated carbocycles. The lowest BCUT2D eigenvalue weighted by atomic mass is 10.1. The van der Waals surface area contributed by atoms with Gasteiger partial charge in [0.15, 0.2) is 4.96 Å². The van der Waals surface area contributed by atoms with Gasteiger partial charge in [-0.05, 0) is 19.4 Å². The highest BCUT2D eigenvalue weighted by Crippen LogP contribution is 2.25. The van der Waals surface area contributed by atoms with Crippen molar-refractivity contribution in [2.24, 2.45) is 0 Å². The Kier molecular flexibility index (Phi) is 2.52. The average Bonchev–Trinajstić information content (AvgIpc) is 2.74. The summed E-state index contributed by atoms with van der Waals surface area (Å²) in [7, 11) is 0. The first kappa shape index (κ1) is 11.2. The van der Waals surface area contributed by atoms with Gasteiger partial charge in [0.25, 0.3) is 5.56 Å². The number of benzene rings is 1. The van der Waals surface area contributed by atoms with E-state index in [0.29, 0.717) is 0 Å². The third kappa shape index (κ3) is 1.75. The number of fused-ring (bicyclic) bond motifs is 1. The maximum Gasteiger partial charge on any atom is 0.274 e. The predicted octanol–water partition coefficient (Wildman–Crippen LogP) is 3.04. The van der Waals surface area contributed by atoms with E-state index in [2.05, 4.69) is 36.2 Å². The predicted molar refractivity (Wildman–Crippen MR) is 74.2 cm³/mol. The lowest BCUT2D eigenvalue weighted by molar-refractivity contribution is 1.04. The highest BCUT2D eigenvalue weighted by atomic mass is 32.1. The molecule has 0 radical (unpaired) electrons. The van der Waals surface area contributed by atoms with Gasteiger partial charge in [-0.1, -0.05) is 29.8 Å². The fraction of sp³-hybridized carbons (Fsp3) is 0.143. The molecule has 0 bridgehead atoms. The van der Waals surface area contributed by atoms with E-state index in [9.17, 15) is 4.79 Å². The Hall–Kier alpha value is -1.94. The first-order valence-corrected chi connectivity index (χ1v) is 6.58. The second kappa shape index (κ2) is 4.07. The SMILES string of the molecule is Cc1ccc(-c2csc3nc(=O)cc(C)n23)cc1. The maximum absolute atomic E-state index is 11.4. The molecule has 0 amide bonds. The number of hydrogen-bond acceptors (Lipinski definition) is 3. The topological polar surface area (TPSA) is 34.4 Å². The van der Waals surface area contributed by atoms with Crippen LogP contribution in [0, 0.1) is 13.8 Å². The monoisotopic (exact) mass is 256 g/mol. The molecule has 2 aromatic heterocycles. The van der Waals surface area contributed by atoms with Crippen LogP contribution >= 0.6 is 11.3 Å². The number of hydrogen-bond donors (Lipinski definition) is 0. The van der Waals surface area contributed by atoms with Gasteiger partial charge in [0, 0.05) is 17.1 Å². The van der Waals surface area contributed by atoms with Crippen molar-refractivity contribution in [1.82, 2.24) is 9.38 Å². The normalized spacial score (nSPS) is 11.0. The molecule has 0 fully saturated rings. The third-order valence-electron chi connectivity index (χ3n) is 2.95. The Morgan fingerprint density at radius 2 is 1.89 bits per heavy atom. The molecule has 2 heterocycles. The number of nitrogens with zero attached hydrogens (tertiary/aromatic N) is 2. The van der Waals surface area contributed by atoms with Crippen LogP contribution in [0.2, 0.25) is 0 Å². The molecule has 4 heteroatoms. The number of thiazole rings is 1. The van der Waals surface area contributed by atoms with Crippen LogP contribution < -0.4 is 5.56 Å². The zero-order valence-corrected chi connectivity index (χ0v) is 11.0. The molecular formula is C14H12N2OS. The minimum Gasteiger partial charge on any atom is -0.289 e. The summed E-state index contributed by atoms with van der Waals surface area (Å²) in [4.78, 5) is 16.1. The summed E-state index contributed by atoms with van der Waals surface area (Å²) in [5, 5.41) is 2.04. The summed E-state index contributed by atoms with van der Waals surface area (Å²) in [6.45, 7) is 4.00. The van der Waals surface area contributed by atoms with Crippen molar-refractivity contribution in [2.45, 2.75) is 13.8 Å². The van der Waals surface area contributed by atoms with Crippen LogP contribution in [-0.2, 0) is 0 Å². The van der Waals surface area contributed by atoms with E-state index in [1.165, 1.54) is 16.9 Å². The smallest absolute Gasteiger partial charge is 0.274 e. The lowest BCUT2D eigenvalue weighted by Gasteiger charge is -2.05. The summed E-state index contributed by atoms with van der Waals surface area (Å²) < 4.78 is 2.02. The van der Waals surface area contributed by atoms with E-state index in [1.54, 1.807) is 6.07 Å². The Morgan fingerprint density at radius 1 is 1.17 bits per heavy atom. The van der Waals surface area contributed by atoms with Crippen LogP contribution in [-0.4, -0.2) is 9.38 Å². The molecule has 1 aromatic carbocycles. The standard InChI is InChI=1S/C14H12N2OS/c1-9-3-5-11(6-4-9)12-8-18-14-15-13(17)7-10(2)16(12)14/h3-8H,1-2H3. The van der Waals surface area contributed by atoms with Gasteiger partial charge in [-0.15, -0.1) is 11.3 Å². The van der Waals surface area contributed by atoms with Gasteiger partial charge < -0.3 is 0 Å². The van der Waals surface area contributed by atoms with Crippen molar-refractivity contribution in [2.75, 3.05) is 0 Å². The fourth-order valence-corrected chi connectivity index (χ4v) is 2.97. The van der Waals surface area contributed by atoms with Crippen LogP contribution in [0.1, 0.15) is 11.3 Å². The van der Waals surface area contributed by atoms with Crippen LogP contribution in [0.25, 0.3) is 16.2 Å². The van der Waals surface area contributed by atoms with Crippen LogP contribution in [0.3, 0.4) is 0 Å². The minimum absolute atomic E-state index is 0.176. The van der Waals surface area contributed by atoms with Crippen molar-refractivity contribution in [3.63, 3.8) is 0 Å². The third-order valence-corrected chi connectivity index (χ3v) is 3.77. The van der Waals surface area contributed by atoms with Crippen molar-refractivity contribution >= 4 is 16.3 Å². The van der Waals surface area contributed by atoms with Crippen molar-refractivity contribution in [3.05, 3.63) is 57.3 Å². The van der Waals surface area contributed by atoms with Gasteiger partial charge in [0.1, 0.15) is 0 Å². The van der Waals surface area contributed by atoms with E-state index < -0.39 is 0 Å². The molecule has 0 N–H and O–H groups in total. The molecule has 0 saturated heterocycles. The molecule has 0 spiro atoms. The summed E-state index contributed by atoms with van der Waals surface area (Å²) in [6.07, 6.45) is 0. The fourth-order valence-electron chi connectivity index (χ4n) is 2.03. The summed E-state index contributed by atoms with van der Waals surface area (Å²) in [5.41, 5.74) is 4.20. The summed E-state index contributed by atoms with van der Waals surface area (Å²) >= 11 is 1.49. The molecule has 0 aliphatic rings. The van der Waals surface area contributed by atoms with E-state index >= 15 is 0 Å². The zero-order valence-electron chi connectivity index (χ0n) is 10.2. The molecule has 3 aromatic rings. The molecule has 18 heavy (non-hydrogen) atoms. The maximum atomic E-state index is 11.4. The van der Waals surface area contributed by atoms with Gasteiger partial charge in [-0.25, -0.2) is 0 Å². The van der Waals surface area contributed by atoms with Gasteiger partial charge in [-0.3, -0.25) is 9.20 Å². The second-order valence-corrected chi connectivity index (χ2v) is 5.18. The van der Waals surface area contributed by atoms with Gasteiger partial charge in [0.05, 0.1) is 5.69 Å². The minimum atomic E-state index is -0.176. The van der Waals surface area contributed by atoms with Crippen molar-refractivity contribution in [1.29, 1.82) is 0 Å². The summed E-state index contributed by atoms with van der Waals surface area (Å²) in [5.74, 6) is 0. The molecule has 0 aliphatic carbocycles. The van der Waals surface area contributed by atoms with Crippen LogP contribution in [0.5, 0.6) is 0 Å². The molecular weight excluding hydrogens is 244 g/mol. The Morgan fingerprint density at radius 3 is 2.61 bits per heavy atom. The van der Waals surface area contributed by atoms with E-state index in [-0.39, 0.29) is 5.56 Å². The number of rotatable bonds is 1. The molecule has 0 unspecified atom stereocenters. The van der Waals surface area contributed by atoms with Gasteiger partial charge >= 0.3 is 0 Å². The quantitative estimate of drug-likeness (QED) is 0.670. The van der Waals surface area contributed by atoms with Gasteiger partial charge in [0.2, 0.25) is 0 Å². The lowest BCUT2D eigenvalue weighted by Crippen LogP contribution is -2.08. The Bertz CT molecular complexity index is 769. The molecule has 3 nitrogen and oxygen atoms in total. The largest absolute Gasteiger partial charge is 0.289 e. The Labute approximate surface area is 108 Å². The van der Waals surface area contributed by atoms with E-state index in [1.807, 2.05) is 16.7 Å². The van der Waals surface area contributed by atoms with E-state index in [4.69, 9.17) is 0 Å². The molecule has 0 aliphatic heterocycles. The number of aromatic nitrogens is 2. The average molecular weight is 256 g/mol.